The number of thiophene rings is 1. The predicted molar refractivity (Wildman–Crippen MR) is 78.6 cm³/mol. The third kappa shape index (κ3) is 2.72. The largest absolute Gasteiger partial charge is 0.309 e. The molecule has 1 aromatic carbocycles. The van der Waals surface area contributed by atoms with Crippen LogP contribution in [0.3, 0.4) is 0 Å². The number of benzene rings is 1. The van der Waals surface area contributed by atoms with E-state index in [1.807, 2.05) is 11.3 Å². The molecule has 1 fully saturated rings. The third-order valence-electron chi connectivity index (χ3n) is 3.45. The van der Waals surface area contributed by atoms with Crippen molar-refractivity contribution >= 4 is 37.4 Å². The molecule has 1 N–H and O–H groups in total. The second-order valence-corrected chi connectivity index (χ2v) is 6.84. The van der Waals surface area contributed by atoms with Crippen molar-refractivity contribution in [1.82, 2.24) is 5.32 Å². The van der Waals surface area contributed by atoms with Gasteiger partial charge in [-0.05, 0) is 42.5 Å². The normalized spacial score (nSPS) is 17.0. The fourth-order valence-electron chi connectivity index (χ4n) is 2.53. The van der Waals surface area contributed by atoms with E-state index in [2.05, 4.69) is 45.5 Å². The van der Waals surface area contributed by atoms with Gasteiger partial charge in [0.25, 0.3) is 0 Å². The van der Waals surface area contributed by atoms with Gasteiger partial charge in [0.2, 0.25) is 0 Å². The molecule has 3 heteroatoms. The maximum atomic E-state index is 3.67. The molecule has 0 bridgehead atoms. The second kappa shape index (κ2) is 5.09. The van der Waals surface area contributed by atoms with Crippen molar-refractivity contribution in [2.75, 3.05) is 0 Å². The minimum Gasteiger partial charge on any atom is -0.309 e. The van der Waals surface area contributed by atoms with Crippen molar-refractivity contribution in [1.29, 1.82) is 0 Å². The fraction of sp³-hybridized carbons (Fsp3) is 0.429. The topological polar surface area (TPSA) is 12.0 Å². The lowest BCUT2D eigenvalue weighted by atomic mass is 10.2. The van der Waals surface area contributed by atoms with Crippen molar-refractivity contribution in [3.8, 4) is 0 Å². The first-order valence-electron chi connectivity index (χ1n) is 6.22. The SMILES string of the molecule is Brc1ccc2sc(CNC3CCCC3)cc2c1. The molecule has 1 aromatic heterocycles. The molecule has 90 valence electrons. The summed E-state index contributed by atoms with van der Waals surface area (Å²) in [5.41, 5.74) is 0. The first-order valence-corrected chi connectivity index (χ1v) is 7.83. The van der Waals surface area contributed by atoms with Gasteiger partial charge < -0.3 is 5.32 Å². The molecule has 3 rings (SSSR count). The van der Waals surface area contributed by atoms with Crippen LogP contribution >= 0.6 is 27.3 Å². The molecule has 0 amide bonds. The third-order valence-corrected chi connectivity index (χ3v) is 5.06. The molecule has 0 atom stereocenters. The Bertz CT molecular complexity index is 514. The molecular formula is C14H16BrNS. The van der Waals surface area contributed by atoms with Gasteiger partial charge in [-0.15, -0.1) is 11.3 Å². The van der Waals surface area contributed by atoms with E-state index in [4.69, 9.17) is 0 Å². The summed E-state index contributed by atoms with van der Waals surface area (Å²) in [6, 6.07) is 9.58. The summed E-state index contributed by atoms with van der Waals surface area (Å²) in [4.78, 5) is 1.45. The number of hydrogen-bond acceptors (Lipinski definition) is 2. The highest BCUT2D eigenvalue weighted by Gasteiger charge is 2.14. The average Bonchev–Trinajstić information content (AvgIpc) is 2.94. The van der Waals surface area contributed by atoms with Crippen LogP contribution in [0.1, 0.15) is 30.6 Å². The minimum atomic E-state index is 0.756. The van der Waals surface area contributed by atoms with E-state index in [0.29, 0.717) is 0 Å². The van der Waals surface area contributed by atoms with E-state index < -0.39 is 0 Å². The van der Waals surface area contributed by atoms with Gasteiger partial charge in [0.05, 0.1) is 0 Å². The van der Waals surface area contributed by atoms with Gasteiger partial charge in [-0.2, -0.15) is 0 Å². The minimum absolute atomic E-state index is 0.756. The number of nitrogens with one attached hydrogen (secondary N) is 1. The lowest BCUT2D eigenvalue weighted by Crippen LogP contribution is -2.24. The van der Waals surface area contributed by atoms with E-state index in [0.717, 1.165) is 17.1 Å². The molecule has 2 aromatic rings. The van der Waals surface area contributed by atoms with Crippen molar-refractivity contribution < 1.29 is 0 Å². The van der Waals surface area contributed by atoms with Gasteiger partial charge in [-0.3, -0.25) is 0 Å². The zero-order valence-electron chi connectivity index (χ0n) is 9.71. The smallest absolute Gasteiger partial charge is 0.0346 e. The van der Waals surface area contributed by atoms with Gasteiger partial charge in [0.1, 0.15) is 0 Å². The molecule has 0 saturated heterocycles. The average molecular weight is 310 g/mol. The zero-order valence-corrected chi connectivity index (χ0v) is 12.1. The lowest BCUT2D eigenvalue weighted by Gasteiger charge is -2.09. The highest BCUT2D eigenvalue weighted by Crippen LogP contribution is 2.28. The van der Waals surface area contributed by atoms with Crippen LogP contribution in [0.25, 0.3) is 10.1 Å². The van der Waals surface area contributed by atoms with E-state index in [1.54, 1.807) is 0 Å². The number of rotatable bonds is 3. The molecule has 1 saturated carbocycles. The molecular weight excluding hydrogens is 294 g/mol. The van der Waals surface area contributed by atoms with Crippen LogP contribution in [0.5, 0.6) is 0 Å². The van der Waals surface area contributed by atoms with E-state index >= 15 is 0 Å². The van der Waals surface area contributed by atoms with Gasteiger partial charge in [0, 0.05) is 26.6 Å². The molecule has 0 unspecified atom stereocenters. The Morgan fingerprint density at radius 2 is 2.06 bits per heavy atom. The summed E-state index contributed by atoms with van der Waals surface area (Å²) >= 11 is 5.43. The van der Waals surface area contributed by atoms with Crippen LogP contribution in [0.4, 0.5) is 0 Å². The molecule has 1 nitrogen and oxygen atoms in total. The van der Waals surface area contributed by atoms with Crippen molar-refractivity contribution in [2.45, 2.75) is 38.3 Å². The molecule has 17 heavy (non-hydrogen) atoms. The predicted octanol–water partition coefficient (Wildman–Crippen LogP) is 4.70. The molecule has 1 heterocycles. The van der Waals surface area contributed by atoms with Crippen LogP contribution in [0, 0.1) is 0 Å². The molecule has 0 spiro atoms. The Labute approximate surface area is 114 Å². The highest BCUT2D eigenvalue weighted by atomic mass is 79.9. The van der Waals surface area contributed by atoms with Crippen molar-refractivity contribution in [3.63, 3.8) is 0 Å². The molecule has 1 aliphatic carbocycles. The first kappa shape index (κ1) is 11.7. The summed E-state index contributed by atoms with van der Waals surface area (Å²) in [6.07, 6.45) is 5.51. The van der Waals surface area contributed by atoms with Crippen LogP contribution in [0.2, 0.25) is 0 Å². The summed E-state index contributed by atoms with van der Waals surface area (Å²) in [5, 5.41) is 5.03. The van der Waals surface area contributed by atoms with Gasteiger partial charge in [-0.1, -0.05) is 28.8 Å². The standard InChI is InChI=1S/C14H16BrNS/c15-11-5-6-14-10(7-11)8-13(17-14)9-16-12-3-1-2-4-12/h5-8,12,16H,1-4,9H2. The van der Waals surface area contributed by atoms with Crippen molar-refractivity contribution in [3.05, 3.63) is 33.6 Å². The van der Waals surface area contributed by atoms with Gasteiger partial charge in [0.15, 0.2) is 0 Å². The van der Waals surface area contributed by atoms with E-state index in [9.17, 15) is 0 Å². The number of halogens is 1. The molecule has 0 aliphatic heterocycles. The van der Waals surface area contributed by atoms with Crippen LogP contribution in [-0.4, -0.2) is 6.04 Å². The Hall–Kier alpha value is -0.380. The summed E-state index contributed by atoms with van der Waals surface area (Å²) in [7, 11) is 0. The summed E-state index contributed by atoms with van der Waals surface area (Å²) < 4.78 is 2.55. The Morgan fingerprint density at radius 3 is 2.88 bits per heavy atom. The van der Waals surface area contributed by atoms with Gasteiger partial charge >= 0.3 is 0 Å². The first-order chi connectivity index (χ1) is 8.31. The second-order valence-electron chi connectivity index (χ2n) is 4.76. The zero-order chi connectivity index (χ0) is 11.7. The van der Waals surface area contributed by atoms with Crippen LogP contribution < -0.4 is 5.32 Å². The molecule has 1 aliphatic rings. The van der Waals surface area contributed by atoms with Crippen LogP contribution in [-0.2, 0) is 6.54 Å². The highest BCUT2D eigenvalue weighted by molar-refractivity contribution is 9.10. The summed E-state index contributed by atoms with van der Waals surface area (Å²) in [5.74, 6) is 0. The molecule has 0 radical (unpaired) electrons. The van der Waals surface area contributed by atoms with Crippen molar-refractivity contribution in [2.24, 2.45) is 0 Å². The lowest BCUT2D eigenvalue weighted by molar-refractivity contribution is 0.527. The van der Waals surface area contributed by atoms with E-state index in [1.165, 1.54) is 40.6 Å². The fourth-order valence-corrected chi connectivity index (χ4v) is 3.91. The Morgan fingerprint density at radius 1 is 1.24 bits per heavy atom. The van der Waals surface area contributed by atoms with Crippen LogP contribution in [0.15, 0.2) is 28.7 Å². The number of fused-ring (bicyclic) bond motifs is 1. The van der Waals surface area contributed by atoms with Gasteiger partial charge in [-0.25, -0.2) is 0 Å². The number of hydrogen-bond donors (Lipinski definition) is 1. The maximum Gasteiger partial charge on any atom is 0.0346 e. The maximum absolute atomic E-state index is 3.67. The Balaban J connectivity index is 1.72. The Kier molecular flexibility index (Phi) is 3.50. The monoisotopic (exact) mass is 309 g/mol. The summed E-state index contributed by atoms with van der Waals surface area (Å²) in [6.45, 7) is 1.03. The van der Waals surface area contributed by atoms with E-state index in [-0.39, 0.29) is 0 Å². The quantitative estimate of drug-likeness (QED) is 0.867.